The molecule has 0 aromatic heterocycles. The van der Waals surface area contributed by atoms with Crippen LogP contribution in [0.15, 0.2) is 22.7 Å². The second-order valence-electron chi connectivity index (χ2n) is 5.49. The summed E-state index contributed by atoms with van der Waals surface area (Å²) in [5, 5.41) is 10.5. The highest BCUT2D eigenvalue weighted by Gasteiger charge is 2.41. The second kappa shape index (κ2) is 5.90. The molecule has 0 bridgehead atoms. The summed E-state index contributed by atoms with van der Waals surface area (Å²) in [6.07, 6.45) is 0.262. The first kappa shape index (κ1) is 14.9. The van der Waals surface area contributed by atoms with Crippen molar-refractivity contribution in [1.82, 2.24) is 0 Å². The van der Waals surface area contributed by atoms with Crippen LogP contribution < -0.4 is 0 Å². The van der Waals surface area contributed by atoms with Crippen molar-refractivity contribution in [1.29, 1.82) is 0 Å². The average molecular weight is 331 g/mol. The van der Waals surface area contributed by atoms with Gasteiger partial charge in [-0.25, -0.2) is 4.39 Å². The lowest BCUT2D eigenvalue weighted by atomic mass is 9.83. The van der Waals surface area contributed by atoms with Gasteiger partial charge in [0.2, 0.25) is 0 Å². The fourth-order valence-corrected chi connectivity index (χ4v) is 3.52. The number of aliphatic hydroxyl groups is 1. The van der Waals surface area contributed by atoms with Crippen LogP contribution in [0.2, 0.25) is 0 Å². The van der Waals surface area contributed by atoms with Gasteiger partial charge in [-0.05, 0) is 43.9 Å². The highest BCUT2D eigenvalue weighted by atomic mass is 79.9. The molecule has 1 aliphatic rings. The Morgan fingerprint density at radius 2 is 2.00 bits per heavy atom. The van der Waals surface area contributed by atoms with Crippen molar-refractivity contribution in [3.05, 3.63) is 34.1 Å². The van der Waals surface area contributed by atoms with Gasteiger partial charge in [0.1, 0.15) is 5.82 Å². The molecule has 0 amide bonds. The van der Waals surface area contributed by atoms with Crippen LogP contribution >= 0.6 is 15.9 Å². The standard InChI is InChI=1S/C15H20BrFO2/c1-8-9(2)19-10(3)15(8)14(18)6-11-4-5-12(17)7-13(11)16/h4-5,7-10,14-15,18H,6H2,1-3H3. The number of ether oxygens (including phenoxy) is 1. The Bertz CT molecular complexity index is 452. The van der Waals surface area contributed by atoms with Gasteiger partial charge in [0, 0.05) is 10.4 Å². The Morgan fingerprint density at radius 3 is 2.53 bits per heavy atom. The van der Waals surface area contributed by atoms with Crippen LogP contribution in [-0.2, 0) is 11.2 Å². The van der Waals surface area contributed by atoms with E-state index in [4.69, 9.17) is 4.74 Å². The SMILES string of the molecule is CC1OC(C)C(C(O)Cc2ccc(F)cc2Br)C1C. The lowest BCUT2D eigenvalue weighted by Crippen LogP contribution is -2.32. The van der Waals surface area contributed by atoms with Crippen LogP contribution in [0.3, 0.4) is 0 Å². The van der Waals surface area contributed by atoms with Gasteiger partial charge >= 0.3 is 0 Å². The molecule has 0 saturated carbocycles. The maximum atomic E-state index is 13.0. The van der Waals surface area contributed by atoms with E-state index >= 15 is 0 Å². The lowest BCUT2D eigenvalue weighted by molar-refractivity contribution is 0.0239. The minimum Gasteiger partial charge on any atom is -0.392 e. The van der Waals surface area contributed by atoms with Crippen molar-refractivity contribution in [3.63, 3.8) is 0 Å². The van der Waals surface area contributed by atoms with Crippen LogP contribution in [0.4, 0.5) is 4.39 Å². The zero-order valence-corrected chi connectivity index (χ0v) is 13.0. The Kier molecular flexibility index (Phi) is 4.64. The van der Waals surface area contributed by atoms with E-state index in [0.717, 1.165) is 5.56 Å². The summed E-state index contributed by atoms with van der Waals surface area (Å²) in [5.41, 5.74) is 0.924. The van der Waals surface area contributed by atoms with Crippen molar-refractivity contribution < 1.29 is 14.2 Å². The molecule has 5 atom stereocenters. The smallest absolute Gasteiger partial charge is 0.124 e. The Hall–Kier alpha value is -0.450. The van der Waals surface area contributed by atoms with Gasteiger partial charge in [0.25, 0.3) is 0 Å². The van der Waals surface area contributed by atoms with Crippen LogP contribution in [0.5, 0.6) is 0 Å². The summed E-state index contributed by atoms with van der Waals surface area (Å²) in [7, 11) is 0. The molecule has 4 heteroatoms. The van der Waals surface area contributed by atoms with Gasteiger partial charge in [-0.15, -0.1) is 0 Å². The van der Waals surface area contributed by atoms with Gasteiger partial charge in [0.05, 0.1) is 18.3 Å². The number of hydrogen-bond acceptors (Lipinski definition) is 2. The second-order valence-corrected chi connectivity index (χ2v) is 6.34. The van der Waals surface area contributed by atoms with Crippen molar-refractivity contribution in [2.45, 2.75) is 45.5 Å². The van der Waals surface area contributed by atoms with Gasteiger partial charge in [0.15, 0.2) is 0 Å². The molecule has 0 spiro atoms. The lowest BCUT2D eigenvalue weighted by Gasteiger charge is -2.25. The molecule has 0 aliphatic carbocycles. The average Bonchev–Trinajstić information content (AvgIpc) is 2.57. The summed E-state index contributed by atoms with van der Waals surface area (Å²) in [5.74, 6) is 0.167. The van der Waals surface area contributed by atoms with Crippen molar-refractivity contribution >= 4 is 15.9 Å². The van der Waals surface area contributed by atoms with Crippen LogP contribution in [0.1, 0.15) is 26.3 Å². The molecule has 1 aromatic carbocycles. The topological polar surface area (TPSA) is 29.5 Å². The molecule has 1 aromatic rings. The summed E-state index contributed by atoms with van der Waals surface area (Å²) in [6, 6.07) is 4.58. The van der Waals surface area contributed by atoms with E-state index in [0.29, 0.717) is 16.8 Å². The molecule has 0 radical (unpaired) electrons. The van der Waals surface area contributed by atoms with E-state index in [1.54, 1.807) is 6.07 Å². The van der Waals surface area contributed by atoms with E-state index in [-0.39, 0.29) is 23.9 Å². The molecule has 5 unspecified atom stereocenters. The van der Waals surface area contributed by atoms with Crippen molar-refractivity contribution in [2.24, 2.45) is 11.8 Å². The third-order valence-corrected chi connectivity index (χ3v) is 4.95. The summed E-state index contributed by atoms with van der Waals surface area (Å²) in [6.45, 7) is 6.16. The molecule has 1 saturated heterocycles. The van der Waals surface area contributed by atoms with Crippen LogP contribution in [-0.4, -0.2) is 23.4 Å². The maximum absolute atomic E-state index is 13.0. The number of rotatable bonds is 3. The van der Waals surface area contributed by atoms with Crippen LogP contribution in [0.25, 0.3) is 0 Å². The molecule has 1 aliphatic heterocycles. The first-order chi connectivity index (χ1) is 8.90. The Labute approximate surface area is 122 Å². The Balaban J connectivity index is 2.10. The fraction of sp³-hybridized carbons (Fsp3) is 0.600. The molecule has 2 nitrogen and oxygen atoms in total. The molecule has 2 rings (SSSR count). The predicted octanol–water partition coefficient (Wildman–Crippen LogP) is 3.55. The number of halogens is 2. The first-order valence-corrected chi connectivity index (χ1v) is 7.47. The minimum atomic E-state index is -0.475. The molecule has 1 fully saturated rings. The van der Waals surface area contributed by atoms with E-state index in [9.17, 15) is 9.50 Å². The summed E-state index contributed by atoms with van der Waals surface area (Å²) >= 11 is 3.34. The molecule has 106 valence electrons. The van der Waals surface area contributed by atoms with Gasteiger partial charge in [-0.1, -0.05) is 28.9 Å². The number of benzene rings is 1. The fourth-order valence-electron chi connectivity index (χ4n) is 3.01. The molecule has 1 N–H and O–H groups in total. The zero-order valence-electron chi connectivity index (χ0n) is 11.4. The van der Waals surface area contributed by atoms with Gasteiger partial charge < -0.3 is 9.84 Å². The number of aliphatic hydroxyl groups excluding tert-OH is 1. The molecular weight excluding hydrogens is 311 g/mol. The van der Waals surface area contributed by atoms with Crippen molar-refractivity contribution in [3.8, 4) is 0 Å². The Morgan fingerprint density at radius 1 is 1.32 bits per heavy atom. The third-order valence-electron chi connectivity index (χ3n) is 4.21. The van der Waals surface area contributed by atoms with E-state index in [1.165, 1.54) is 12.1 Å². The predicted molar refractivity (Wildman–Crippen MR) is 76.5 cm³/mol. The van der Waals surface area contributed by atoms with Gasteiger partial charge in [-0.3, -0.25) is 0 Å². The maximum Gasteiger partial charge on any atom is 0.124 e. The largest absolute Gasteiger partial charge is 0.392 e. The van der Waals surface area contributed by atoms with E-state index < -0.39 is 6.10 Å². The normalized spacial score (nSPS) is 32.5. The highest BCUT2D eigenvalue weighted by Crippen LogP contribution is 2.36. The highest BCUT2D eigenvalue weighted by molar-refractivity contribution is 9.10. The number of hydrogen-bond donors (Lipinski definition) is 1. The quantitative estimate of drug-likeness (QED) is 0.918. The van der Waals surface area contributed by atoms with Crippen molar-refractivity contribution in [2.75, 3.05) is 0 Å². The van der Waals surface area contributed by atoms with Gasteiger partial charge in [-0.2, -0.15) is 0 Å². The zero-order chi connectivity index (χ0) is 14.2. The van der Waals surface area contributed by atoms with E-state index in [2.05, 4.69) is 22.9 Å². The first-order valence-electron chi connectivity index (χ1n) is 6.67. The minimum absolute atomic E-state index is 0.0548. The van der Waals surface area contributed by atoms with E-state index in [1.807, 2.05) is 13.8 Å². The summed E-state index contributed by atoms with van der Waals surface area (Å²) in [4.78, 5) is 0. The molecule has 1 heterocycles. The molecular formula is C15H20BrFO2. The monoisotopic (exact) mass is 330 g/mol. The third kappa shape index (κ3) is 3.18. The van der Waals surface area contributed by atoms with Crippen LogP contribution in [0, 0.1) is 17.7 Å². The summed E-state index contributed by atoms with van der Waals surface area (Å²) < 4.78 is 19.5. The molecule has 19 heavy (non-hydrogen) atoms.